The van der Waals surface area contributed by atoms with Gasteiger partial charge in [-0.15, -0.1) is 24.0 Å². The fourth-order valence-corrected chi connectivity index (χ4v) is 2.62. The Bertz CT molecular complexity index is 476. The van der Waals surface area contributed by atoms with E-state index in [4.69, 9.17) is 5.73 Å². The number of fused-ring (bicyclic) bond motifs is 1. The molecule has 0 spiro atoms. The first-order valence-corrected chi connectivity index (χ1v) is 5.00. The molecule has 2 N–H and O–H groups in total. The zero-order chi connectivity index (χ0) is 9.42. The van der Waals surface area contributed by atoms with Gasteiger partial charge in [0.15, 0.2) is 6.29 Å². The van der Waals surface area contributed by atoms with Crippen LogP contribution in [0.3, 0.4) is 0 Å². The lowest BCUT2D eigenvalue weighted by atomic mass is 10.1. The smallest absolute Gasteiger partial charge is 0.153 e. The van der Waals surface area contributed by atoms with Gasteiger partial charge in [0.25, 0.3) is 0 Å². The first kappa shape index (κ1) is 8.59. The van der Waals surface area contributed by atoms with Crippen molar-refractivity contribution in [1.82, 2.24) is 0 Å². The van der Waals surface area contributed by atoms with Crippen molar-refractivity contribution in [3.8, 4) is 0 Å². The molecule has 0 radical (unpaired) electrons. The summed E-state index contributed by atoms with van der Waals surface area (Å²) in [5.41, 5.74) is 6.75. The predicted octanol–water partition coefficient (Wildman–Crippen LogP) is 2.58. The lowest BCUT2D eigenvalue weighted by Crippen LogP contribution is -1.91. The van der Waals surface area contributed by atoms with Crippen LogP contribution >= 0.6 is 24.0 Å². The second-order valence-electron chi connectivity index (χ2n) is 2.68. The summed E-state index contributed by atoms with van der Waals surface area (Å²) in [6.45, 7) is 0. The van der Waals surface area contributed by atoms with Crippen molar-refractivity contribution in [3.63, 3.8) is 0 Å². The van der Waals surface area contributed by atoms with E-state index in [1.807, 2.05) is 11.4 Å². The number of nitrogen functional groups attached to an aromatic ring is 1. The summed E-state index contributed by atoms with van der Waals surface area (Å²) in [5.74, 6) is 0. The Hall–Kier alpha value is -1.00. The molecule has 0 saturated carbocycles. The van der Waals surface area contributed by atoms with Crippen LogP contribution in [0.5, 0.6) is 0 Å². The minimum Gasteiger partial charge on any atom is -0.398 e. The highest BCUT2D eigenvalue weighted by Crippen LogP contribution is 2.33. The summed E-state index contributed by atoms with van der Waals surface area (Å²) in [7, 11) is 0. The molecule has 1 aromatic heterocycles. The standard InChI is InChI=1S/C9H7NOS2/c10-7-2-1-5-8(12)4-13-9(5)6(7)3-11/h1-4,12H,10H2. The molecule has 13 heavy (non-hydrogen) atoms. The Morgan fingerprint density at radius 3 is 2.92 bits per heavy atom. The predicted molar refractivity (Wildman–Crippen MR) is 58.9 cm³/mol. The van der Waals surface area contributed by atoms with Gasteiger partial charge in [0, 0.05) is 26.0 Å². The molecule has 0 atom stereocenters. The first-order chi connectivity index (χ1) is 6.24. The van der Waals surface area contributed by atoms with Crippen LogP contribution < -0.4 is 5.73 Å². The second-order valence-corrected chi connectivity index (χ2v) is 4.05. The molecular formula is C9H7NOS2. The Kier molecular flexibility index (Phi) is 2.01. The third kappa shape index (κ3) is 1.22. The molecule has 0 fully saturated rings. The number of thiol groups is 1. The molecule has 2 nitrogen and oxygen atoms in total. The van der Waals surface area contributed by atoms with Crippen LogP contribution in [0.15, 0.2) is 22.4 Å². The topological polar surface area (TPSA) is 43.1 Å². The average Bonchev–Trinajstić information content (AvgIpc) is 2.48. The molecule has 2 rings (SSSR count). The van der Waals surface area contributed by atoms with Gasteiger partial charge in [0.05, 0.1) is 5.56 Å². The number of anilines is 1. The van der Waals surface area contributed by atoms with E-state index in [0.717, 1.165) is 21.3 Å². The third-order valence-electron chi connectivity index (χ3n) is 1.91. The fourth-order valence-electron chi connectivity index (χ4n) is 1.24. The normalized spacial score (nSPS) is 10.5. The summed E-state index contributed by atoms with van der Waals surface area (Å²) in [6, 6.07) is 3.62. The van der Waals surface area contributed by atoms with Gasteiger partial charge >= 0.3 is 0 Å². The minimum absolute atomic E-state index is 0.526. The number of thiophene rings is 1. The van der Waals surface area contributed by atoms with Gasteiger partial charge in [-0.1, -0.05) is 6.07 Å². The van der Waals surface area contributed by atoms with Gasteiger partial charge < -0.3 is 5.73 Å². The van der Waals surface area contributed by atoms with E-state index in [-0.39, 0.29) is 0 Å². The summed E-state index contributed by atoms with van der Waals surface area (Å²) < 4.78 is 0.917. The van der Waals surface area contributed by atoms with Gasteiger partial charge in [0.1, 0.15) is 0 Å². The number of nitrogens with two attached hydrogens (primary N) is 1. The van der Waals surface area contributed by atoms with Gasteiger partial charge in [-0.2, -0.15) is 0 Å². The van der Waals surface area contributed by atoms with Crippen molar-refractivity contribution in [2.75, 3.05) is 5.73 Å². The highest BCUT2D eigenvalue weighted by atomic mass is 32.1. The van der Waals surface area contributed by atoms with Crippen molar-refractivity contribution in [2.24, 2.45) is 0 Å². The maximum atomic E-state index is 10.8. The van der Waals surface area contributed by atoms with Crippen molar-refractivity contribution in [1.29, 1.82) is 0 Å². The zero-order valence-electron chi connectivity index (χ0n) is 6.65. The average molecular weight is 209 g/mol. The quantitative estimate of drug-likeness (QED) is 0.430. The van der Waals surface area contributed by atoms with Crippen LogP contribution in [0.4, 0.5) is 5.69 Å². The first-order valence-electron chi connectivity index (χ1n) is 3.68. The highest BCUT2D eigenvalue weighted by molar-refractivity contribution is 7.80. The maximum Gasteiger partial charge on any atom is 0.153 e. The van der Waals surface area contributed by atoms with E-state index in [9.17, 15) is 4.79 Å². The van der Waals surface area contributed by atoms with Crippen molar-refractivity contribution in [2.45, 2.75) is 4.90 Å². The van der Waals surface area contributed by atoms with Gasteiger partial charge in [-0.05, 0) is 6.07 Å². The molecular weight excluding hydrogens is 202 g/mol. The number of hydrogen-bond acceptors (Lipinski definition) is 4. The molecule has 0 unspecified atom stereocenters. The zero-order valence-corrected chi connectivity index (χ0v) is 8.36. The minimum atomic E-state index is 0.526. The van der Waals surface area contributed by atoms with E-state index in [0.29, 0.717) is 11.3 Å². The molecule has 0 bridgehead atoms. The molecule has 2 aromatic rings. The monoisotopic (exact) mass is 209 g/mol. The SMILES string of the molecule is Nc1ccc2c(S)csc2c1C=O. The summed E-state index contributed by atoms with van der Waals surface area (Å²) >= 11 is 5.77. The van der Waals surface area contributed by atoms with Gasteiger partial charge in [-0.3, -0.25) is 4.79 Å². The molecule has 0 aliphatic rings. The van der Waals surface area contributed by atoms with E-state index in [2.05, 4.69) is 12.6 Å². The van der Waals surface area contributed by atoms with E-state index < -0.39 is 0 Å². The highest BCUT2D eigenvalue weighted by Gasteiger charge is 2.07. The Morgan fingerprint density at radius 1 is 1.46 bits per heavy atom. The number of aldehydes is 1. The number of rotatable bonds is 1. The van der Waals surface area contributed by atoms with Crippen LogP contribution in [-0.4, -0.2) is 6.29 Å². The second kappa shape index (κ2) is 3.05. The molecule has 0 aliphatic heterocycles. The third-order valence-corrected chi connectivity index (χ3v) is 3.49. The van der Waals surface area contributed by atoms with Crippen LogP contribution in [-0.2, 0) is 0 Å². The molecule has 4 heteroatoms. The Balaban J connectivity index is 2.92. The molecule has 0 aliphatic carbocycles. The van der Waals surface area contributed by atoms with Crippen molar-refractivity contribution >= 4 is 46.0 Å². The fraction of sp³-hybridized carbons (Fsp3) is 0. The molecule has 0 amide bonds. The summed E-state index contributed by atoms with van der Waals surface area (Å²) in [6.07, 6.45) is 0.793. The molecule has 66 valence electrons. The molecule has 1 heterocycles. The number of carbonyl (C=O) groups is 1. The lowest BCUT2D eigenvalue weighted by Gasteiger charge is -1.99. The van der Waals surface area contributed by atoms with Crippen LogP contribution in [0.2, 0.25) is 0 Å². The number of carbonyl (C=O) groups excluding carboxylic acids is 1. The number of benzene rings is 1. The lowest BCUT2D eigenvalue weighted by molar-refractivity contribution is 0.112. The van der Waals surface area contributed by atoms with E-state index >= 15 is 0 Å². The van der Waals surface area contributed by atoms with Crippen molar-refractivity contribution < 1.29 is 4.79 Å². The van der Waals surface area contributed by atoms with Crippen LogP contribution in [0.1, 0.15) is 10.4 Å². The largest absolute Gasteiger partial charge is 0.398 e. The van der Waals surface area contributed by atoms with Crippen molar-refractivity contribution in [3.05, 3.63) is 23.1 Å². The van der Waals surface area contributed by atoms with E-state index in [1.165, 1.54) is 11.3 Å². The van der Waals surface area contributed by atoms with Gasteiger partial charge in [-0.25, -0.2) is 0 Å². The Morgan fingerprint density at radius 2 is 2.23 bits per heavy atom. The summed E-state index contributed by atoms with van der Waals surface area (Å²) in [5, 5.41) is 2.89. The molecule has 1 aromatic carbocycles. The van der Waals surface area contributed by atoms with Crippen LogP contribution in [0, 0.1) is 0 Å². The van der Waals surface area contributed by atoms with E-state index in [1.54, 1.807) is 6.07 Å². The maximum absolute atomic E-state index is 10.8. The Labute approximate surface area is 84.8 Å². The molecule has 0 saturated heterocycles. The number of hydrogen-bond donors (Lipinski definition) is 2. The van der Waals surface area contributed by atoms with Crippen LogP contribution in [0.25, 0.3) is 10.1 Å². The van der Waals surface area contributed by atoms with Gasteiger partial charge in [0.2, 0.25) is 0 Å². The summed E-state index contributed by atoms with van der Waals surface area (Å²) in [4.78, 5) is 11.6.